The largest absolute Gasteiger partial charge is 0.497 e. The summed E-state index contributed by atoms with van der Waals surface area (Å²) in [4.78, 5) is 28.7. The zero-order valence-electron chi connectivity index (χ0n) is 17.7. The van der Waals surface area contributed by atoms with Crippen LogP contribution in [0.2, 0.25) is 0 Å². The molecule has 0 radical (unpaired) electrons. The molecule has 0 atom stereocenters. The van der Waals surface area contributed by atoms with Crippen molar-refractivity contribution in [3.63, 3.8) is 0 Å². The molecule has 0 unspecified atom stereocenters. The van der Waals surface area contributed by atoms with Gasteiger partial charge in [0.1, 0.15) is 5.75 Å². The van der Waals surface area contributed by atoms with Crippen LogP contribution in [0.5, 0.6) is 5.75 Å². The van der Waals surface area contributed by atoms with E-state index in [-0.39, 0.29) is 0 Å². The summed E-state index contributed by atoms with van der Waals surface area (Å²) in [6.45, 7) is 4.95. The number of carbonyl (C=O) groups is 2. The molecule has 2 amide bonds. The molecule has 1 fully saturated rings. The van der Waals surface area contributed by atoms with Gasteiger partial charge in [-0.25, -0.2) is 0 Å². The van der Waals surface area contributed by atoms with Gasteiger partial charge in [0, 0.05) is 45.0 Å². The Balaban J connectivity index is 1.37. The predicted octanol–water partition coefficient (Wildman–Crippen LogP) is 1.42. The normalized spacial score (nSPS) is 14.3. The molecule has 7 nitrogen and oxygen atoms in total. The summed E-state index contributed by atoms with van der Waals surface area (Å²) in [5, 5.41) is 5.31. The van der Waals surface area contributed by atoms with Crippen molar-refractivity contribution in [1.29, 1.82) is 0 Å². The number of methoxy groups -OCH3 is 1. The Labute approximate surface area is 178 Å². The van der Waals surface area contributed by atoms with Gasteiger partial charge in [-0.2, -0.15) is 0 Å². The Hall–Kier alpha value is -3.06. The van der Waals surface area contributed by atoms with Crippen molar-refractivity contribution in [2.45, 2.75) is 13.0 Å². The number of nitrogens with one attached hydrogen (secondary N) is 2. The van der Waals surface area contributed by atoms with Crippen molar-refractivity contribution in [1.82, 2.24) is 15.5 Å². The average molecular weight is 411 g/mol. The molecule has 0 aromatic heterocycles. The Morgan fingerprint density at radius 3 is 2.10 bits per heavy atom. The van der Waals surface area contributed by atoms with Gasteiger partial charge in [-0.05, 0) is 48.9 Å². The van der Waals surface area contributed by atoms with Crippen LogP contribution in [0.1, 0.15) is 11.1 Å². The summed E-state index contributed by atoms with van der Waals surface area (Å²) in [6.07, 6.45) is 0.681. The SMILES string of the molecule is COc1ccc(CNC(=O)C(=O)NCCc2ccc(N3CCN(C)CC3)cc2)cc1. The monoisotopic (exact) mass is 410 g/mol. The first-order valence-electron chi connectivity index (χ1n) is 10.3. The molecular formula is C23H30N4O3. The van der Waals surface area contributed by atoms with Crippen LogP contribution in [0.4, 0.5) is 5.69 Å². The van der Waals surface area contributed by atoms with Crippen LogP contribution in [-0.4, -0.2) is 63.6 Å². The van der Waals surface area contributed by atoms with Gasteiger partial charge in [0.25, 0.3) is 0 Å². The number of hydrogen-bond acceptors (Lipinski definition) is 5. The molecule has 1 saturated heterocycles. The lowest BCUT2D eigenvalue weighted by Crippen LogP contribution is -2.44. The van der Waals surface area contributed by atoms with Gasteiger partial charge in [0.15, 0.2) is 0 Å². The predicted molar refractivity (Wildman–Crippen MR) is 118 cm³/mol. The maximum Gasteiger partial charge on any atom is 0.309 e. The quantitative estimate of drug-likeness (QED) is 0.676. The van der Waals surface area contributed by atoms with Gasteiger partial charge in [0.05, 0.1) is 7.11 Å². The van der Waals surface area contributed by atoms with E-state index in [1.165, 1.54) is 5.69 Å². The summed E-state index contributed by atoms with van der Waals surface area (Å²) in [5.41, 5.74) is 3.26. The third-order valence-corrected chi connectivity index (χ3v) is 5.32. The molecule has 1 heterocycles. The molecule has 7 heteroatoms. The maximum atomic E-state index is 12.0. The molecule has 1 aliphatic rings. The van der Waals surface area contributed by atoms with E-state index >= 15 is 0 Å². The standard InChI is InChI=1S/C23H30N4O3/c1-26-13-15-27(16-14-26)20-7-3-18(4-8-20)11-12-24-22(28)23(29)25-17-19-5-9-21(30-2)10-6-19/h3-10H,11-17H2,1-2H3,(H,24,28)(H,25,29). The number of amides is 2. The molecular weight excluding hydrogens is 380 g/mol. The zero-order valence-corrected chi connectivity index (χ0v) is 17.7. The minimum Gasteiger partial charge on any atom is -0.497 e. The van der Waals surface area contributed by atoms with Gasteiger partial charge < -0.3 is 25.2 Å². The highest BCUT2D eigenvalue weighted by molar-refractivity contribution is 6.35. The van der Waals surface area contributed by atoms with Crippen molar-refractivity contribution >= 4 is 17.5 Å². The van der Waals surface area contributed by atoms with E-state index in [2.05, 4.69) is 51.7 Å². The Morgan fingerprint density at radius 1 is 0.867 bits per heavy atom. The third kappa shape index (κ3) is 6.22. The number of nitrogens with zero attached hydrogens (tertiary/aromatic N) is 2. The van der Waals surface area contributed by atoms with Crippen LogP contribution in [0.3, 0.4) is 0 Å². The summed E-state index contributed by atoms with van der Waals surface area (Å²) in [6, 6.07) is 15.8. The van der Waals surface area contributed by atoms with E-state index in [4.69, 9.17) is 4.74 Å². The fourth-order valence-corrected chi connectivity index (χ4v) is 3.34. The number of likely N-dealkylation sites (N-methyl/N-ethyl adjacent to an activating group) is 1. The first kappa shape index (κ1) is 21.6. The second-order valence-electron chi connectivity index (χ2n) is 7.49. The molecule has 160 valence electrons. The second kappa shape index (κ2) is 10.6. The van der Waals surface area contributed by atoms with E-state index in [0.717, 1.165) is 43.1 Å². The minimum absolute atomic E-state index is 0.296. The first-order valence-corrected chi connectivity index (χ1v) is 10.3. The third-order valence-electron chi connectivity index (χ3n) is 5.32. The molecule has 0 aliphatic carbocycles. The van der Waals surface area contributed by atoms with E-state index in [0.29, 0.717) is 19.5 Å². The van der Waals surface area contributed by atoms with Gasteiger partial charge in [-0.3, -0.25) is 9.59 Å². The molecule has 2 N–H and O–H groups in total. The van der Waals surface area contributed by atoms with Crippen LogP contribution >= 0.6 is 0 Å². The highest BCUT2D eigenvalue weighted by atomic mass is 16.5. The summed E-state index contributed by atoms with van der Waals surface area (Å²) in [7, 11) is 3.75. The molecule has 2 aromatic carbocycles. The topological polar surface area (TPSA) is 73.9 Å². The molecule has 3 rings (SSSR count). The number of ether oxygens (including phenoxy) is 1. The van der Waals surface area contributed by atoms with E-state index in [9.17, 15) is 9.59 Å². The maximum absolute atomic E-state index is 12.0. The number of anilines is 1. The van der Waals surface area contributed by atoms with Crippen LogP contribution in [0.15, 0.2) is 48.5 Å². The lowest BCUT2D eigenvalue weighted by molar-refractivity contribution is -0.139. The van der Waals surface area contributed by atoms with Crippen LogP contribution in [0, 0.1) is 0 Å². The van der Waals surface area contributed by atoms with Gasteiger partial charge in [0.2, 0.25) is 0 Å². The molecule has 1 aliphatic heterocycles. The number of hydrogen-bond donors (Lipinski definition) is 2. The smallest absolute Gasteiger partial charge is 0.309 e. The average Bonchev–Trinajstić information content (AvgIpc) is 2.78. The number of carbonyl (C=O) groups excluding carboxylic acids is 2. The first-order chi connectivity index (χ1) is 14.5. The van der Waals surface area contributed by atoms with Crippen LogP contribution in [-0.2, 0) is 22.6 Å². The Bertz CT molecular complexity index is 829. The van der Waals surface area contributed by atoms with Crippen LogP contribution < -0.4 is 20.3 Å². The lowest BCUT2D eigenvalue weighted by atomic mass is 10.1. The van der Waals surface area contributed by atoms with Gasteiger partial charge in [-0.1, -0.05) is 24.3 Å². The summed E-state index contributed by atoms with van der Waals surface area (Å²) >= 11 is 0. The second-order valence-corrected chi connectivity index (χ2v) is 7.49. The van der Waals surface area contributed by atoms with Crippen molar-refractivity contribution in [2.75, 3.05) is 51.8 Å². The fourth-order valence-electron chi connectivity index (χ4n) is 3.34. The highest BCUT2D eigenvalue weighted by Crippen LogP contribution is 2.17. The van der Waals surface area contributed by atoms with Crippen molar-refractivity contribution in [2.24, 2.45) is 0 Å². The highest BCUT2D eigenvalue weighted by Gasteiger charge is 2.14. The Morgan fingerprint density at radius 2 is 1.47 bits per heavy atom. The molecule has 0 saturated carbocycles. The number of benzene rings is 2. The number of rotatable bonds is 7. The minimum atomic E-state index is -0.628. The van der Waals surface area contributed by atoms with E-state index in [1.807, 2.05) is 24.3 Å². The fraction of sp³-hybridized carbons (Fsp3) is 0.391. The van der Waals surface area contributed by atoms with Gasteiger partial charge >= 0.3 is 11.8 Å². The number of piperazine rings is 1. The molecule has 0 bridgehead atoms. The zero-order chi connectivity index (χ0) is 21.3. The van der Waals surface area contributed by atoms with Crippen molar-refractivity contribution in [3.8, 4) is 5.75 Å². The molecule has 2 aromatic rings. The van der Waals surface area contributed by atoms with E-state index in [1.54, 1.807) is 7.11 Å². The molecule has 0 spiro atoms. The van der Waals surface area contributed by atoms with Crippen molar-refractivity contribution < 1.29 is 14.3 Å². The lowest BCUT2D eigenvalue weighted by Gasteiger charge is -2.34. The van der Waals surface area contributed by atoms with Crippen LogP contribution in [0.25, 0.3) is 0 Å². The molecule has 30 heavy (non-hydrogen) atoms. The van der Waals surface area contributed by atoms with Gasteiger partial charge in [-0.15, -0.1) is 0 Å². The summed E-state index contributed by atoms with van der Waals surface area (Å²) in [5.74, 6) is -0.492. The summed E-state index contributed by atoms with van der Waals surface area (Å²) < 4.78 is 5.10. The van der Waals surface area contributed by atoms with E-state index < -0.39 is 11.8 Å². The Kier molecular flexibility index (Phi) is 7.68. The van der Waals surface area contributed by atoms with Crippen molar-refractivity contribution in [3.05, 3.63) is 59.7 Å².